The SMILES string of the molecule is Cc1cc(S(=O)(=O)NNC(=O)COc2ccccc2C)ccc1Br. The number of hydrogen-bond donors (Lipinski definition) is 2. The van der Waals surface area contributed by atoms with Crippen LogP contribution >= 0.6 is 15.9 Å². The maximum absolute atomic E-state index is 12.1. The summed E-state index contributed by atoms with van der Waals surface area (Å²) in [5, 5.41) is 0. The van der Waals surface area contributed by atoms with E-state index in [1.54, 1.807) is 25.1 Å². The van der Waals surface area contributed by atoms with Crippen LogP contribution in [-0.4, -0.2) is 20.9 Å². The van der Waals surface area contributed by atoms with Crippen LogP contribution in [0, 0.1) is 13.8 Å². The zero-order valence-corrected chi connectivity index (χ0v) is 15.6. The van der Waals surface area contributed by atoms with E-state index in [0.29, 0.717) is 5.75 Å². The molecule has 1 amide bonds. The molecule has 0 unspecified atom stereocenters. The molecule has 0 spiro atoms. The zero-order chi connectivity index (χ0) is 17.7. The molecule has 24 heavy (non-hydrogen) atoms. The lowest BCUT2D eigenvalue weighted by Crippen LogP contribution is -2.43. The fourth-order valence-corrected chi connectivity index (χ4v) is 3.06. The second-order valence-electron chi connectivity index (χ2n) is 5.12. The van der Waals surface area contributed by atoms with Gasteiger partial charge in [-0.25, -0.2) is 8.42 Å². The molecule has 0 bridgehead atoms. The van der Waals surface area contributed by atoms with E-state index in [9.17, 15) is 13.2 Å². The number of nitrogens with one attached hydrogen (secondary N) is 2. The van der Waals surface area contributed by atoms with Crippen molar-refractivity contribution in [2.75, 3.05) is 6.61 Å². The summed E-state index contributed by atoms with van der Waals surface area (Å²) >= 11 is 3.31. The number of rotatable bonds is 6. The molecule has 2 aromatic carbocycles. The second kappa shape index (κ2) is 7.78. The average molecular weight is 413 g/mol. The van der Waals surface area contributed by atoms with Gasteiger partial charge in [0.2, 0.25) is 0 Å². The number of sulfonamides is 1. The van der Waals surface area contributed by atoms with Crippen LogP contribution in [0.2, 0.25) is 0 Å². The van der Waals surface area contributed by atoms with Gasteiger partial charge in [-0.15, -0.1) is 4.83 Å². The quantitative estimate of drug-likeness (QED) is 0.713. The lowest BCUT2D eigenvalue weighted by atomic mass is 10.2. The Balaban J connectivity index is 1.93. The largest absolute Gasteiger partial charge is 0.483 e. The molecule has 2 aromatic rings. The summed E-state index contributed by atoms with van der Waals surface area (Å²) in [6.45, 7) is 3.33. The molecule has 0 saturated carbocycles. The highest BCUT2D eigenvalue weighted by molar-refractivity contribution is 9.10. The number of ether oxygens (including phenoxy) is 1. The molecule has 0 saturated heterocycles. The lowest BCUT2D eigenvalue weighted by Gasteiger charge is -2.11. The van der Waals surface area contributed by atoms with E-state index in [1.807, 2.05) is 19.1 Å². The molecule has 0 aliphatic carbocycles. The van der Waals surface area contributed by atoms with Gasteiger partial charge in [-0.2, -0.15) is 0 Å². The number of benzene rings is 2. The van der Waals surface area contributed by atoms with Crippen molar-refractivity contribution in [3.05, 3.63) is 58.1 Å². The smallest absolute Gasteiger partial charge is 0.272 e. The van der Waals surface area contributed by atoms with Crippen molar-refractivity contribution in [1.82, 2.24) is 10.3 Å². The average Bonchev–Trinajstić information content (AvgIpc) is 2.54. The van der Waals surface area contributed by atoms with Gasteiger partial charge in [0, 0.05) is 4.47 Å². The van der Waals surface area contributed by atoms with E-state index in [4.69, 9.17) is 4.74 Å². The van der Waals surface area contributed by atoms with E-state index in [1.165, 1.54) is 12.1 Å². The van der Waals surface area contributed by atoms with Gasteiger partial charge in [-0.3, -0.25) is 10.2 Å². The summed E-state index contributed by atoms with van der Waals surface area (Å²) in [5.41, 5.74) is 3.79. The normalized spacial score (nSPS) is 11.1. The van der Waals surface area contributed by atoms with Crippen molar-refractivity contribution in [2.24, 2.45) is 0 Å². The van der Waals surface area contributed by atoms with Crippen LogP contribution in [0.15, 0.2) is 51.8 Å². The molecular weight excluding hydrogens is 396 g/mol. The molecule has 2 rings (SSSR count). The summed E-state index contributed by atoms with van der Waals surface area (Å²) in [6.07, 6.45) is 0. The molecule has 0 aliphatic rings. The summed E-state index contributed by atoms with van der Waals surface area (Å²) < 4.78 is 30.4. The van der Waals surface area contributed by atoms with E-state index in [2.05, 4.69) is 26.2 Å². The van der Waals surface area contributed by atoms with Crippen LogP contribution < -0.4 is 15.0 Å². The highest BCUT2D eigenvalue weighted by atomic mass is 79.9. The first-order valence-electron chi connectivity index (χ1n) is 7.05. The summed E-state index contributed by atoms with van der Waals surface area (Å²) in [4.78, 5) is 13.9. The van der Waals surface area contributed by atoms with Gasteiger partial charge >= 0.3 is 0 Å². The van der Waals surface area contributed by atoms with E-state index in [-0.39, 0.29) is 11.5 Å². The summed E-state index contributed by atoms with van der Waals surface area (Å²) in [5.74, 6) is -0.0327. The van der Waals surface area contributed by atoms with Gasteiger partial charge in [0.15, 0.2) is 6.61 Å². The predicted molar refractivity (Wildman–Crippen MR) is 94.0 cm³/mol. The number of para-hydroxylation sites is 1. The van der Waals surface area contributed by atoms with Crippen molar-refractivity contribution in [3.8, 4) is 5.75 Å². The Morgan fingerprint density at radius 2 is 1.83 bits per heavy atom. The van der Waals surface area contributed by atoms with Gasteiger partial charge in [0.25, 0.3) is 15.9 Å². The minimum Gasteiger partial charge on any atom is -0.483 e. The monoisotopic (exact) mass is 412 g/mol. The topological polar surface area (TPSA) is 84.5 Å². The summed E-state index contributed by atoms with van der Waals surface area (Å²) in [6, 6.07) is 11.8. The third kappa shape index (κ3) is 4.80. The molecule has 6 nitrogen and oxygen atoms in total. The Hall–Kier alpha value is -1.90. The van der Waals surface area contributed by atoms with Crippen molar-refractivity contribution in [1.29, 1.82) is 0 Å². The predicted octanol–water partition coefficient (Wildman–Crippen LogP) is 2.45. The number of halogens is 1. The van der Waals surface area contributed by atoms with Crippen molar-refractivity contribution < 1.29 is 17.9 Å². The zero-order valence-electron chi connectivity index (χ0n) is 13.2. The Morgan fingerprint density at radius 3 is 2.50 bits per heavy atom. The van der Waals surface area contributed by atoms with E-state index in [0.717, 1.165) is 15.6 Å². The molecule has 0 aliphatic heterocycles. The van der Waals surface area contributed by atoms with Crippen molar-refractivity contribution in [3.63, 3.8) is 0 Å². The van der Waals surface area contributed by atoms with Gasteiger partial charge in [0.05, 0.1) is 4.90 Å². The molecule has 0 radical (unpaired) electrons. The molecule has 8 heteroatoms. The highest BCUT2D eigenvalue weighted by Gasteiger charge is 2.16. The second-order valence-corrected chi connectivity index (χ2v) is 7.66. The van der Waals surface area contributed by atoms with E-state index < -0.39 is 15.9 Å². The Morgan fingerprint density at radius 1 is 1.12 bits per heavy atom. The first-order valence-corrected chi connectivity index (χ1v) is 9.32. The minimum absolute atomic E-state index is 0.0586. The van der Waals surface area contributed by atoms with Gasteiger partial charge in [-0.05, 0) is 49.2 Å². The fraction of sp³-hybridized carbons (Fsp3) is 0.188. The van der Waals surface area contributed by atoms with Gasteiger partial charge in [0.1, 0.15) is 5.75 Å². The molecular formula is C16H17BrN2O4S. The van der Waals surface area contributed by atoms with Crippen LogP contribution in [0.3, 0.4) is 0 Å². The van der Waals surface area contributed by atoms with Crippen molar-refractivity contribution >= 4 is 31.9 Å². The number of aryl methyl sites for hydroxylation is 2. The van der Waals surface area contributed by atoms with Crippen LogP contribution in [0.1, 0.15) is 11.1 Å². The third-order valence-corrected chi connectivity index (χ3v) is 5.35. The fourth-order valence-electron chi connectivity index (χ4n) is 1.87. The van der Waals surface area contributed by atoms with Crippen LogP contribution in [-0.2, 0) is 14.8 Å². The number of hydrazine groups is 1. The third-order valence-electron chi connectivity index (χ3n) is 3.22. The molecule has 0 heterocycles. The van der Waals surface area contributed by atoms with Crippen LogP contribution in [0.4, 0.5) is 0 Å². The maximum Gasteiger partial charge on any atom is 0.272 e. The summed E-state index contributed by atoms with van der Waals surface area (Å²) in [7, 11) is -3.84. The Kier molecular flexibility index (Phi) is 5.98. The number of hydrogen-bond acceptors (Lipinski definition) is 4. The van der Waals surface area contributed by atoms with Crippen molar-refractivity contribution in [2.45, 2.75) is 18.7 Å². The first kappa shape index (κ1) is 18.4. The number of carbonyl (C=O) groups excluding carboxylic acids is 1. The molecule has 128 valence electrons. The Bertz CT molecular complexity index is 853. The van der Waals surface area contributed by atoms with Crippen LogP contribution in [0.25, 0.3) is 0 Å². The minimum atomic E-state index is -3.84. The molecule has 0 fully saturated rings. The van der Waals surface area contributed by atoms with Crippen LogP contribution in [0.5, 0.6) is 5.75 Å². The first-order chi connectivity index (χ1) is 11.3. The van der Waals surface area contributed by atoms with Gasteiger partial charge < -0.3 is 4.74 Å². The molecule has 0 atom stereocenters. The standard InChI is InChI=1S/C16H17BrN2O4S/c1-11-5-3-4-6-15(11)23-10-16(20)18-19-24(21,22)13-7-8-14(17)12(2)9-13/h3-9,19H,10H2,1-2H3,(H,18,20). The number of carbonyl (C=O) groups is 1. The maximum atomic E-state index is 12.1. The van der Waals surface area contributed by atoms with E-state index >= 15 is 0 Å². The molecule has 0 aromatic heterocycles. The van der Waals surface area contributed by atoms with Gasteiger partial charge in [-0.1, -0.05) is 34.1 Å². The lowest BCUT2D eigenvalue weighted by molar-refractivity contribution is -0.123. The molecule has 2 N–H and O–H groups in total. The highest BCUT2D eigenvalue weighted by Crippen LogP contribution is 2.19. The number of amides is 1. The Labute approximate surface area is 149 Å².